The summed E-state index contributed by atoms with van der Waals surface area (Å²) in [5, 5.41) is 2.17. The fraction of sp³-hybridized carbons (Fsp3) is 0.273. The maximum Gasteiger partial charge on any atom is 0.265 e. The van der Waals surface area contributed by atoms with E-state index in [1.54, 1.807) is 12.1 Å². The normalized spacial score (nSPS) is 14.1. The van der Waals surface area contributed by atoms with Crippen LogP contribution in [0.15, 0.2) is 48.5 Å². The largest absolute Gasteiger partial charge is 0.486 e. The van der Waals surface area contributed by atoms with E-state index in [2.05, 4.69) is 9.88 Å². The van der Waals surface area contributed by atoms with Crippen LogP contribution in [0.1, 0.15) is 20.4 Å². The van der Waals surface area contributed by atoms with E-state index in [1.165, 1.54) is 11.3 Å². The highest BCUT2D eigenvalue weighted by Gasteiger charge is 2.25. The molecular weight excluding hydrogens is 441 g/mol. The average Bonchev–Trinajstić information content (AvgIpc) is 3.13. The quantitative estimate of drug-likeness (QED) is 0.516. The van der Waals surface area contributed by atoms with Crippen molar-refractivity contribution >= 4 is 46.1 Å². The SMILES string of the molecule is Cc1nc(COc2ccc(Cl)cc2)sc1C(=O)N1CCN(c2cccc(Cl)c2)CC1. The Morgan fingerprint density at radius 2 is 1.80 bits per heavy atom. The molecule has 1 saturated heterocycles. The summed E-state index contributed by atoms with van der Waals surface area (Å²) in [5.74, 6) is 0.755. The van der Waals surface area contributed by atoms with Crippen molar-refractivity contribution in [2.45, 2.75) is 13.5 Å². The number of aromatic nitrogens is 1. The van der Waals surface area contributed by atoms with Gasteiger partial charge in [-0.25, -0.2) is 4.98 Å². The first-order valence-electron chi connectivity index (χ1n) is 9.64. The molecule has 0 aliphatic carbocycles. The molecule has 30 heavy (non-hydrogen) atoms. The zero-order chi connectivity index (χ0) is 21.1. The number of carbonyl (C=O) groups is 1. The maximum absolute atomic E-state index is 13.0. The van der Waals surface area contributed by atoms with Gasteiger partial charge < -0.3 is 14.5 Å². The molecule has 5 nitrogen and oxygen atoms in total. The van der Waals surface area contributed by atoms with Gasteiger partial charge in [-0.05, 0) is 49.4 Å². The van der Waals surface area contributed by atoms with Crippen molar-refractivity contribution in [2.75, 3.05) is 31.1 Å². The van der Waals surface area contributed by atoms with Crippen LogP contribution in [0.2, 0.25) is 10.0 Å². The number of anilines is 1. The number of carbonyl (C=O) groups excluding carboxylic acids is 1. The summed E-state index contributed by atoms with van der Waals surface area (Å²) >= 11 is 13.4. The molecule has 2 aromatic carbocycles. The Bertz CT molecular complexity index is 1030. The van der Waals surface area contributed by atoms with Crippen LogP contribution in [-0.4, -0.2) is 42.0 Å². The number of ether oxygens (including phenoxy) is 1. The molecule has 1 aliphatic rings. The third-order valence-electron chi connectivity index (χ3n) is 4.95. The van der Waals surface area contributed by atoms with E-state index < -0.39 is 0 Å². The van der Waals surface area contributed by atoms with Gasteiger partial charge in [0.2, 0.25) is 0 Å². The van der Waals surface area contributed by atoms with E-state index in [9.17, 15) is 4.79 Å². The first kappa shape index (κ1) is 21.0. The third kappa shape index (κ3) is 4.89. The highest BCUT2D eigenvalue weighted by atomic mass is 35.5. The van der Waals surface area contributed by atoms with Crippen molar-refractivity contribution in [2.24, 2.45) is 0 Å². The molecule has 0 N–H and O–H groups in total. The van der Waals surface area contributed by atoms with Crippen LogP contribution in [0.4, 0.5) is 5.69 Å². The van der Waals surface area contributed by atoms with Crippen molar-refractivity contribution in [3.8, 4) is 5.75 Å². The van der Waals surface area contributed by atoms with Crippen molar-refractivity contribution in [1.82, 2.24) is 9.88 Å². The van der Waals surface area contributed by atoms with Crippen LogP contribution >= 0.6 is 34.5 Å². The van der Waals surface area contributed by atoms with E-state index in [-0.39, 0.29) is 5.91 Å². The molecule has 3 aromatic rings. The van der Waals surface area contributed by atoms with Crippen LogP contribution in [0.3, 0.4) is 0 Å². The fourth-order valence-electron chi connectivity index (χ4n) is 3.37. The van der Waals surface area contributed by atoms with Crippen molar-refractivity contribution < 1.29 is 9.53 Å². The predicted molar refractivity (Wildman–Crippen MR) is 122 cm³/mol. The monoisotopic (exact) mass is 461 g/mol. The molecule has 0 saturated carbocycles. The lowest BCUT2D eigenvalue weighted by molar-refractivity contribution is 0.0750. The van der Waals surface area contributed by atoms with E-state index >= 15 is 0 Å². The summed E-state index contributed by atoms with van der Waals surface area (Å²) < 4.78 is 5.76. The van der Waals surface area contributed by atoms with E-state index in [1.807, 2.05) is 48.2 Å². The standard InChI is InChI=1S/C22H21Cl2N3O2S/c1-15-21(30-20(25-15)14-29-19-7-5-16(23)6-8-19)22(28)27-11-9-26(10-12-27)18-4-2-3-17(24)13-18/h2-8,13H,9-12,14H2,1H3. The van der Waals surface area contributed by atoms with E-state index in [0.717, 1.165) is 40.3 Å². The zero-order valence-corrected chi connectivity index (χ0v) is 18.8. The minimum Gasteiger partial charge on any atom is -0.486 e. The number of hydrogen-bond acceptors (Lipinski definition) is 5. The van der Waals surface area contributed by atoms with Crippen LogP contribution in [0.25, 0.3) is 0 Å². The topological polar surface area (TPSA) is 45.7 Å². The summed E-state index contributed by atoms with van der Waals surface area (Å²) in [6, 6.07) is 15.0. The summed E-state index contributed by atoms with van der Waals surface area (Å²) in [6.45, 7) is 5.08. The van der Waals surface area contributed by atoms with Gasteiger partial charge >= 0.3 is 0 Å². The molecule has 8 heteroatoms. The molecule has 0 radical (unpaired) electrons. The van der Waals surface area contributed by atoms with Gasteiger partial charge in [0.05, 0.1) is 5.69 Å². The highest BCUT2D eigenvalue weighted by molar-refractivity contribution is 7.13. The number of halogens is 2. The Morgan fingerprint density at radius 1 is 1.07 bits per heavy atom. The molecule has 1 aromatic heterocycles. The summed E-state index contributed by atoms with van der Waals surface area (Å²) in [5.41, 5.74) is 1.84. The number of piperazine rings is 1. The average molecular weight is 462 g/mol. The minimum atomic E-state index is 0.0356. The Kier molecular flexibility index (Phi) is 6.46. The molecular formula is C22H21Cl2N3O2S. The van der Waals surface area contributed by atoms with Crippen LogP contribution in [0, 0.1) is 6.92 Å². The molecule has 0 spiro atoms. The van der Waals surface area contributed by atoms with Crippen LogP contribution in [0.5, 0.6) is 5.75 Å². The van der Waals surface area contributed by atoms with Crippen LogP contribution < -0.4 is 9.64 Å². The molecule has 2 heterocycles. The second kappa shape index (κ2) is 9.25. The predicted octanol–water partition coefficient (Wildman–Crippen LogP) is 5.30. The van der Waals surface area contributed by atoms with Crippen molar-refractivity contribution in [3.63, 3.8) is 0 Å². The number of thiazole rings is 1. The zero-order valence-electron chi connectivity index (χ0n) is 16.5. The molecule has 0 bridgehead atoms. The Labute approximate surface area is 189 Å². The first-order valence-corrected chi connectivity index (χ1v) is 11.2. The Balaban J connectivity index is 1.36. The second-order valence-corrected chi connectivity index (χ2v) is 8.98. The summed E-state index contributed by atoms with van der Waals surface area (Å²) in [7, 11) is 0. The lowest BCUT2D eigenvalue weighted by Crippen LogP contribution is -2.48. The number of rotatable bonds is 5. The molecule has 1 aliphatic heterocycles. The van der Waals surface area contributed by atoms with Gasteiger partial charge in [0, 0.05) is 41.9 Å². The van der Waals surface area contributed by atoms with Gasteiger partial charge in [0.25, 0.3) is 5.91 Å². The summed E-state index contributed by atoms with van der Waals surface area (Å²) in [4.78, 5) is 22.4. The summed E-state index contributed by atoms with van der Waals surface area (Å²) in [6.07, 6.45) is 0. The van der Waals surface area contributed by atoms with Gasteiger partial charge in [0.15, 0.2) is 0 Å². The molecule has 156 valence electrons. The van der Waals surface area contributed by atoms with Gasteiger partial charge in [-0.15, -0.1) is 11.3 Å². The van der Waals surface area contributed by atoms with Gasteiger partial charge in [-0.3, -0.25) is 4.79 Å². The van der Waals surface area contributed by atoms with Crippen molar-refractivity contribution in [3.05, 3.63) is 74.2 Å². The lowest BCUT2D eigenvalue weighted by Gasteiger charge is -2.36. The smallest absolute Gasteiger partial charge is 0.265 e. The number of amides is 1. The third-order valence-corrected chi connectivity index (χ3v) is 6.56. The fourth-order valence-corrected chi connectivity index (χ4v) is 4.63. The molecule has 4 rings (SSSR count). The van der Waals surface area contributed by atoms with Gasteiger partial charge in [-0.1, -0.05) is 29.3 Å². The van der Waals surface area contributed by atoms with E-state index in [4.69, 9.17) is 27.9 Å². The number of hydrogen-bond donors (Lipinski definition) is 0. The molecule has 0 atom stereocenters. The number of nitrogens with zero attached hydrogens (tertiary/aromatic N) is 3. The Hall–Kier alpha value is -2.28. The number of benzene rings is 2. The van der Waals surface area contributed by atoms with Crippen molar-refractivity contribution in [1.29, 1.82) is 0 Å². The highest BCUT2D eigenvalue weighted by Crippen LogP contribution is 2.25. The Morgan fingerprint density at radius 3 is 2.50 bits per heavy atom. The maximum atomic E-state index is 13.0. The molecule has 1 amide bonds. The lowest BCUT2D eigenvalue weighted by atomic mass is 10.2. The number of aryl methyl sites for hydroxylation is 1. The molecule has 1 fully saturated rings. The van der Waals surface area contributed by atoms with Gasteiger partial charge in [0.1, 0.15) is 22.2 Å². The molecule has 0 unspecified atom stereocenters. The second-order valence-electron chi connectivity index (χ2n) is 7.02. The first-order chi connectivity index (χ1) is 14.5. The van der Waals surface area contributed by atoms with Gasteiger partial charge in [-0.2, -0.15) is 0 Å². The van der Waals surface area contributed by atoms with Crippen LogP contribution in [-0.2, 0) is 6.61 Å². The van der Waals surface area contributed by atoms with E-state index in [0.29, 0.717) is 29.6 Å². The minimum absolute atomic E-state index is 0.0356.